The first-order valence-corrected chi connectivity index (χ1v) is 21.7. The molecule has 0 aliphatic rings. The van der Waals surface area contributed by atoms with Crippen LogP contribution in [0.15, 0.2) is 12.1 Å². The molecule has 0 amide bonds. The summed E-state index contributed by atoms with van der Waals surface area (Å²) in [7, 11) is 0. The third-order valence-electron chi connectivity index (χ3n) is 10.4. The Balaban J connectivity index is 3.27. The van der Waals surface area contributed by atoms with Crippen molar-refractivity contribution in [2.75, 3.05) is 0 Å². The fraction of sp³-hybridized carbons (Fsp3) is 0.783. The molecule has 0 aliphatic carbocycles. The van der Waals surface area contributed by atoms with Crippen LogP contribution in [0.4, 0.5) is 0 Å². The summed E-state index contributed by atoms with van der Waals surface area (Å²) in [6.07, 6.45) is 32.3. The molecule has 0 unspecified atom stereocenters. The van der Waals surface area contributed by atoms with Crippen LogP contribution >= 0.6 is 0 Å². The number of hydrogen-bond acceptors (Lipinski definition) is 4. The van der Waals surface area contributed by atoms with E-state index < -0.39 is 0 Å². The minimum absolute atomic E-state index is 0.0578. The lowest BCUT2D eigenvalue weighted by atomic mass is 9.83. The minimum Gasteiger partial charge on any atom is -0.294 e. The van der Waals surface area contributed by atoms with Gasteiger partial charge in [-0.25, -0.2) is 0 Å². The Labute approximate surface area is 309 Å². The van der Waals surface area contributed by atoms with Gasteiger partial charge in [0.2, 0.25) is 0 Å². The smallest absolute Gasteiger partial charge is 0.164 e. The van der Waals surface area contributed by atoms with E-state index in [9.17, 15) is 19.2 Å². The van der Waals surface area contributed by atoms with Crippen LogP contribution in [-0.4, -0.2) is 23.1 Å². The lowest BCUT2D eigenvalue weighted by Gasteiger charge is -2.17. The number of hydrogen-bond donors (Lipinski definition) is 0. The maximum atomic E-state index is 14.1. The van der Waals surface area contributed by atoms with Crippen LogP contribution in [0.3, 0.4) is 0 Å². The van der Waals surface area contributed by atoms with Crippen LogP contribution in [0.2, 0.25) is 0 Å². The molecule has 1 aromatic rings. The van der Waals surface area contributed by atoms with Gasteiger partial charge in [0.05, 0.1) is 0 Å². The third-order valence-corrected chi connectivity index (χ3v) is 10.4. The highest BCUT2D eigenvalue weighted by molar-refractivity contribution is 6.20. The van der Waals surface area contributed by atoms with Crippen molar-refractivity contribution in [1.82, 2.24) is 0 Å². The predicted octanol–water partition coefficient (Wildman–Crippen LogP) is 15.0. The number of benzene rings is 1. The molecule has 0 saturated carbocycles. The molecule has 4 nitrogen and oxygen atoms in total. The van der Waals surface area contributed by atoms with Gasteiger partial charge in [0.25, 0.3) is 0 Å². The first-order valence-electron chi connectivity index (χ1n) is 21.7. The average Bonchev–Trinajstić information content (AvgIpc) is 3.12. The summed E-state index contributed by atoms with van der Waals surface area (Å²) in [5.41, 5.74) is 1.28. The molecule has 286 valence electrons. The first-order chi connectivity index (χ1) is 24.4. The Kier molecular flexibility index (Phi) is 29.0. The Morgan fingerprint density at radius 3 is 0.740 bits per heavy atom. The summed E-state index contributed by atoms with van der Waals surface area (Å²) in [6, 6.07) is 3.42. The largest absolute Gasteiger partial charge is 0.294 e. The molecular formula is C46H78O4. The quantitative estimate of drug-likeness (QED) is 0.0518. The van der Waals surface area contributed by atoms with Gasteiger partial charge in [-0.15, -0.1) is 0 Å². The maximum absolute atomic E-state index is 14.1. The number of ketones is 4. The molecule has 50 heavy (non-hydrogen) atoms. The van der Waals surface area contributed by atoms with Gasteiger partial charge >= 0.3 is 0 Å². The number of rotatable bonds is 36. The van der Waals surface area contributed by atoms with Crippen LogP contribution in [0, 0.1) is 0 Å². The molecule has 0 spiro atoms. The van der Waals surface area contributed by atoms with Gasteiger partial charge in [0, 0.05) is 47.9 Å². The lowest BCUT2D eigenvalue weighted by molar-refractivity contribution is 0.0922. The van der Waals surface area contributed by atoms with E-state index in [0.717, 1.165) is 77.0 Å². The standard InChI is InChI=1S/C46H78O4/c1-5-9-13-17-21-25-29-33-41(47)39-37-38-40(42(48)34-30-26-22-18-14-10-6-2)46(44(50)36-32-28-24-20-16-12-8-4)45(39)43(49)35-31-27-23-19-15-11-7-3/h37-38H,5-36H2,1-4H3. The van der Waals surface area contributed by atoms with Crippen molar-refractivity contribution in [3.8, 4) is 0 Å². The summed E-state index contributed by atoms with van der Waals surface area (Å²) in [5, 5.41) is 0. The SMILES string of the molecule is CCCCCCCCCC(=O)c1ccc(C(=O)CCCCCCCCC)c(C(=O)CCCCCCCCC)c1C(=O)CCCCCCCCC. The first kappa shape index (κ1) is 45.9. The van der Waals surface area contributed by atoms with Gasteiger partial charge in [-0.1, -0.05) is 182 Å². The molecule has 0 heterocycles. The zero-order chi connectivity index (χ0) is 36.7. The lowest BCUT2D eigenvalue weighted by Crippen LogP contribution is -2.20. The Morgan fingerprint density at radius 1 is 0.300 bits per heavy atom. The van der Waals surface area contributed by atoms with E-state index in [0.29, 0.717) is 36.8 Å². The molecule has 4 heteroatoms. The second-order valence-electron chi connectivity index (χ2n) is 15.1. The van der Waals surface area contributed by atoms with Gasteiger partial charge in [-0.05, 0) is 37.8 Å². The van der Waals surface area contributed by atoms with E-state index in [1.807, 2.05) is 0 Å². The number of Topliss-reactive ketones (excluding diaryl/α,β-unsaturated/α-hetero) is 4. The normalized spacial score (nSPS) is 11.3. The second kappa shape index (κ2) is 31.6. The van der Waals surface area contributed by atoms with Gasteiger partial charge in [0.15, 0.2) is 23.1 Å². The van der Waals surface area contributed by atoms with Crippen molar-refractivity contribution in [3.05, 3.63) is 34.4 Å². The van der Waals surface area contributed by atoms with Crippen LogP contribution in [0.1, 0.15) is 275 Å². The summed E-state index contributed by atoms with van der Waals surface area (Å²) >= 11 is 0. The van der Waals surface area contributed by atoms with Gasteiger partial charge in [0.1, 0.15) is 0 Å². The van der Waals surface area contributed by atoms with E-state index in [4.69, 9.17) is 0 Å². The van der Waals surface area contributed by atoms with Crippen molar-refractivity contribution >= 4 is 23.1 Å². The number of carbonyl (C=O) groups is 4. The zero-order valence-corrected chi connectivity index (χ0v) is 33.4. The van der Waals surface area contributed by atoms with Crippen molar-refractivity contribution in [2.24, 2.45) is 0 Å². The monoisotopic (exact) mass is 695 g/mol. The Morgan fingerprint density at radius 2 is 0.500 bits per heavy atom. The van der Waals surface area contributed by atoms with Gasteiger partial charge in [-0.2, -0.15) is 0 Å². The van der Waals surface area contributed by atoms with Gasteiger partial charge in [-0.3, -0.25) is 19.2 Å². The van der Waals surface area contributed by atoms with Crippen molar-refractivity contribution in [3.63, 3.8) is 0 Å². The fourth-order valence-electron chi connectivity index (χ4n) is 7.14. The molecule has 0 aliphatic heterocycles. The van der Waals surface area contributed by atoms with E-state index in [1.165, 1.54) is 103 Å². The summed E-state index contributed by atoms with van der Waals surface area (Å²) in [5.74, 6) is -0.375. The topological polar surface area (TPSA) is 68.3 Å². The summed E-state index contributed by atoms with van der Waals surface area (Å²) in [6.45, 7) is 8.86. The molecule has 1 aromatic carbocycles. The summed E-state index contributed by atoms with van der Waals surface area (Å²) < 4.78 is 0. The number of unbranched alkanes of at least 4 members (excludes halogenated alkanes) is 24. The van der Waals surface area contributed by atoms with Crippen molar-refractivity contribution in [2.45, 2.75) is 233 Å². The molecular weight excluding hydrogens is 617 g/mol. The highest BCUT2D eigenvalue weighted by atomic mass is 16.1. The van der Waals surface area contributed by atoms with E-state index >= 15 is 0 Å². The molecule has 1 rings (SSSR count). The van der Waals surface area contributed by atoms with Gasteiger partial charge < -0.3 is 0 Å². The molecule has 0 atom stereocenters. The second-order valence-corrected chi connectivity index (χ2v) is 15.1. The molecule has 0 saturated heterocycles. The maximum Gasteiger partial charge on any atom is 0.164 e. The minimum atomic E-state index is -0.130. The highest BCUT2D eigenvalue weighted by Crippen LogP contribution is 2.28. The highest BCUT2D eigenvalue weighted by Gasteiger charge is 2.28. The molecule has 0 fully saturated rings. The zero-order valence-electron chi connectivity index (χ0n) is 33.4. The predicted molar refractivity (Wildman–Crippen MR) is 214 cm³/mol. The molecule has 0 radical (unpaired) electrons. The van der Waals surface area contributed by atoms with E-state index in [2.05, 4.69) is 27.7 Å². The third kappa shape index (κ3) is 20.7. The molecule has 0 aromatic heterocycles. The Hall–Kier alpha value is -2.10. The molecule has 0 N–H and O–H groups in total. The van der Waals surface area contributed by atoms with Crippen LogP contribution in [0.5, 0.6) is 0 Å². The van der Waals surface area contributed by atoms with Crippen molar-refractivity contribution < 1.29 is 19.2 Å². The Bertz CT molecular complexity index is 971. The van der Waals surface area contributed by atoms with E-state index in [-0.39, 0.29) is 34.3 Å². The van der Waals surface area contributed by atoms with Crippen LogP contribution < -0.4 is 0 Å². The molecule has 0 bridgehead atoms. The fourth-order valence-corrected chi connectivity index (χ4v) is 7.14. The van der Waals surface area contributed by atoms with Crippen LogP contribution in [0.25, 0.3) is 0 Å². The average molecular weight is 695 g/mol. The van der Waals surface area contributed by atoms with E-state index in [1.54, 1.807) is 12.1 Å². The summed E-state index contributed by atoms with van der Waals surface area (Å²) in [4.78, 5) is 55.8. The van der Waals surface area contributed by atoms with Crippen molar-refractivity contribution in [1.29, 1.82) is 0 Å². The van der Waals surface area contributed by atoms with Crippen LogP contribution in [-0.2, 0) is 0 Å². The number of carbonyl (C=O) groups excluding carboxylic acids is 4.